The monoisotopic (exact) mass is 725 g/mol. The van der Waals surface area contributed by atoms with Gasteiger partial charge in [-0.3, -0.25) is 14.6 Å². The summed E-state index contributed by atoms with van der Waals surface area (Å²) in [6, 6.07) is 15.7. The molecule has 276 valence electrons. The number of unbranched alkanes of at least 4 members (excludes halogenated alkanes) is 2. The van der Waals surface area contributed by atoms with Gasteiger partial charge in [-0.05, 0) is 87.7 Å². The normalized spacial score (nSPS) is 15.4. The lowest BCUT2D eigenvalue weighted by molar-refractivity contribution is -0.118. The molecular weight excluding hydrogens is 665 g/mol. The number of benzene rings is 2. The quantitative estimate of drug-likeness (QED) is 0.100. The first-order valence-electron chi connectivity index (χ1n) is 18.4. The molecule has 0 aliphatic carbocycles. The van der Waals surface area contributed by atoms with Crippen LogP contribution in [-0.4, -0.2) is 71.5 Å². The van der Waals surface area contributed by atoms with Gasteiger partial charge in [0.2, 0.25) is 5.91 Å². The van der Waals surface area contributed by atoms with E-state index >= 15 is 0 Å². The number of aromatic nitrogens is 2. The number of piperazine rings is 1. The first-order valence-corrected chi connectivity index (χ1v) is 19.2. The third kappa shape index (κ3) is 14.3. The van der Waals surface area contributed by atoms with Crippen LogP contribution < -0.4 is 16.4 Å². The molecule has 3 aromatic rings. The number of allylic oxidation sites excluding steroid dienone is 3. The molecule has 1 aliphatic heterocycles. The standard InChI is InChI=1S/C34H45Cl2N7O.C4H10.C2H6/c1-4-25(13-12-24(2)35)32(26-14-16-27(36)17-15-26)43-21-19-42(20-22-43)23-31-39-29-10-6-5-9-28(29)34(41-31)40-30(33(37)44)11-7-8-18-38-3;1-3-4-2;1-2/h5-6,9-10,12-17,30,32,38H,4,7-8,11,18-23H2,1-3H3,(H2,37,44)(H,39,40,41);3-4H2,1-2H3;1-2H3/b24-12+,25-13+;;/t30-,32?;;/m0../s1. The fourth-order valence-corrected chi connectivity index (χ4v) is 5.90. The third-order valence-corrected chi connectivity index (χ3v) is 8.96. The number of hydrogen-bond donors (Lipinski definition) is 3. The first-order chi connectivity index (χ1) is 24.2. The van der Waals surface area contributed by atoms with E-state index in [-0.39, 0.29) is 11.9 Å². The average Bonchev–Trinajstić information content (AvgIpc) is 3.13. The van der Waals surface area contributed by atoms with Gasteiger partial charge in [0.25, 0.3) is 0 Å². The summed E-state index contributed by atoms with van der Waals surface area (Å²) in [4.78, 5) is 27.1. The highest BCUT2D eigenvalue weighted by Gasteiger charge is 2.28. The predicted octanol–water partition coefficient (Wildman–Crippen LogP) is 9.11. The first kappa shape index (κ1) is 43.2. The maximum atomic E-state index is 12.3. The Kier molecular flexibility index (Phi) is 20.9. The number of para-hydroxylation sites is 1. The van der Waals surface area contributed by atoms with Crippen LogP contribution in [0.4, 0.5) is 5.82 Å². The molecule has 0 radical (unpaired) electrons. The fraction of sp³-hybridized carbons (Fsp3) is 0.525. The van der Waals surface area contributed by atoms with E-state index in [1.807, 2.05) is 70.3 Å². The fourth-order valence-electron chi connectivity index (χ4n) is 5.71. The zero-order valence-electron chi connectivity index (χ0n) is 31.4. The lowest BCUT2D eigenvalue weighted by atomic mass is 9.94. The topological polar surface area (TPSA) is 99.4 Å². The second-order valence-corrected chi connectivity index (χ2v) is 13.4. The van der Waals surface area contributed by atoms with E-state index in [0.29, 0.717) is 18.8 Å². The van der Waals surface area contributed by atoms with Crippen molar-refractivity contribution in [3.05, 3.63) is 87.7 Å². The van der Waals surface area contributed by atoms with E-state index in [1.165, 1.54) is 24.0 Å². The number of primary amides is 1. The van der Waals surface area contributed by atoms with Gasteiger partial charge >= 0.3 is 0 Å². The van der Waals surface area contributed by atoms with Crippen molar-refractivity contribution >= 4 is 45.8 Å². The van der Waals surface area contributed by atoms with Gasteiger partial charge in [-0.15, -0.1) is 0 Å². The van der Waals surface area contributed by atoms with E-state index in [9.17, 15) is 4.79 Å². The highest BCUT2D eigenvalue weighted by Crippen LogP contribution is 2.33. The Balaban J connectivity index is 0.00000135. The van der Waals surface area contributed by atoms with Crippen LogP contribution in [0.25, 0.3) is 10.9 Å². The Labute approximate surface area is 311 Å². The summed E-state index contributed by atoms with van der Waals surface area (Å²) in [6.07, 6.45) is 10.2. The van der Waals surface area contributed by atoms with Gasteiger partial charge in [-0.25, -0.2) is 9.97 Å². The number of nitrogens with one attached hydrogen (secondary N) is 2. The zero-order chi connectivity index (χ0) is 36.9. The van der Waals surface area contributed by atoms with Gasteiger partial charge in [-0.1, -0.05) is 101 Å². The van der Waals surface area contributed by atoms with Crippen molar-refractivity contribution in [3.8, 4) is 0 Å². The maximum Gasteiger partial charge on any atom is 0.239 e. The largest absolute Gasteiger partial charge is 0.368 e. The molecule has 1 fully saturated rings. The molecule has 1 saturated heterocycles. The van der Waals surface area contributed by atoms with Gasteiger partial charge in [0.1, 0.15) is 17.7 Å². The van der Waals surface area contributed by atoms with Gasteiger partial charge in [0.15, 0.2) is 0 Å². The highest BCUT2D eigenvalue weighted by molar-refractivity contribution is 6.30. The number of anilines is 1. The molecule has 1 amide bonds. The Bertz CT molecular complexity index is 1460. The molecule has 50 heavy (non-hydrogen) atoms. The minimum atomic E-state index is -0.496. The second kappa shape index (κ2) is 24.2. The lowest BCUT2D eigenvalue weighted by Crippen LogP contribution is -2.47. The van der Waals surface area contributed by atoms with Crippen molar-refractivity contribution in [3.63, 3.8) is 0 Å². The van der Waals surface area contributed by atoms with Gasteiger partial charge < -0.3 is 16.4 Å². The van der Waals surface area contributed by atoms with Crippen molar-refractivity contribution in [2.75, 3.05) is 45.1 Å². The van der Waals surface area contributed by atoms with Crippen LogP contribution >= 0.6 is 23.2 Å². The molecule has 2 heterocycles. The molecule has 0 bridgehead atoms. The van der Waals surface area contributed by atoms with E-state index < -0.39 is 6.04 Å². The van der Waals surface area contributed by atoms with Crippen LogP contribution in [-0.2, 0) is 11.3 Å². The SMILES string of the molecule is CC.CC/C(=C\C=C(/C)Cl)C(c1ccc(Cl)cc1)N1CCN(Cc2nc(N[C@@H](CCCCNC)C(N)=O)c3ccccc3n2)CC1.CCCC. The average molecular weight is 727 g/mol. The molecule has 2 atom stereocenters. The van der Waals surface area contributed by atoms with Crippen molar-refractivity contribution in [2.24, 2.45) is 5.73 Å². The summed E-state index contributed by atoms with van der Waals surface area (Å²) in [5.41, 5.74) is 9.17. The number of carbonyl (C=O) groups excluding carboxylic acids is 1. The van der Waals surface area contributed by atoms with Crippen molar-refractivity contribution < 1.29 is 4.79 Å². The molecule has 1 aliphatic rings. The number of rotatable bonds is 16. The number of nitrogens with zero attached hydrogens (tertiary/aromatic N) is 4. The molecule has 1 aromatic heterocycles. The Morgan fingerprint density at radius 2 is 1.62 bits per heavy atom. The molecule has 1 unspecified atom stereocenters. The summed E-state index contributed by atoms with van der Waals surface area (Å²) in [5, 5.41) is 8.88. The van der Waals surface area contributed by atoms with Crippen LogP contribution in [0.15, 0.2) is 71.3 Å². The maximum absolute atomic E-state index is 12.3. The molecule has 4 rings (SSSR count). The number of hydrogen-bond acceptors (Lipinski definition) is 7. The van der Waals surface area contributed by atoms with Crippen LogP contribution in [0.2, 0.25) is 5.02 Å². The van der Waals surface area contributed by atoms with Crippen molar-refractivity contribution in [2.45, 2.75) is 98.7 Å². The Morgan fingerprint density at radius 1 is 0.960 bits per heavy atom. The van der Waals surface area contributed by atoms with Crippen LogP contribution in [0.5, 0.6) is 0 Å². The van der Waals surface area contributed by atoms with Crippen molar-refractivity contribution in [1.82, 2.24) is 25.1 Å². The molecule has 0 spiro atoms. The van der Waals surface area contributed by atoms with E-state index in [4.69, 9.17) is 38.9 Å². The third-order valence-electron chi connectivity index (χ3n) is 8.58. The minimum Gasteiger partial charge on any atom is -0.368 e. The molecule has 2 aromatic carbocycles. The number of fused-ring (bicyclic) bond motifs is 1. The van der Waals surface area contributed by atoms with Crippen molar-refractivity contribution in [1.29, 1.82) is 0 Å². The van der Waals surface area contributed by atoms with Crippen LogP contribution in [0.3, 0.4) is 0 Å². The highest BCUT2D eigenvalue weighted by atomic mass is 35.5. The second-order valence-electron chi connectivity index (χ2n) is 12.3. The van der Waals surface area contributed by atoms with Crippen LogP contribution in [0.1, 0.15) is 97.5 Å². The summed E-state index contributed by atoms with van der Waals surface area (Å²) < 4.78 is 0. The number of amides is 1. The lowest BCUT2D eigenvalue weighted by Gasteiger charge is -2.40. The Hall–Kier alpha value is -3.01. The zero-order valence-corrected chi connectivity index (χ0v) is 33.0. The molecule has 4 N–H and O–H groups in total. The smallest absolute Gasteiger partial charge is 0.239 e. The Morgan fingerprint density at radius 3 is 2.20 bits per heavy atom. The molecular formula is C40H61Cl2N7O. The number of halogens is 2. The van der Waals surface area contributed by atoms with Crippen LogP contribution in [0, 0.1) is 0 Å². The molecule has 8 nitrogen and oxygen atoms in total. The van der Waals surface area contributed by atoms with E-state index in [1.54, 1.807) is 0 Å². The van der Waals surface area contributed by atoms with E-state index in [0.717, 1.165) is 78.8 Å². The van der Waals surface area contributed by atoms with E-state index in [2.05, 4.69) is 59.4 Å². The predicted molar refractivity (Wildman–Crippen MR) is 215 cm³/mol. The molecule has 10 heteroatoms. The van der Waals surface area contributed by atoms with Gasteiger partial charge in [-0.2, -0.15) is 0 Å². The number of nitrogens with two attached hydrogens (primary N) is 1. The molecule has 0 saturated carbocycles. The van der Waals surface area contributed by atoms with Gasteiger partial charge in [0.05, 0.1) is 18.1 Å². The minimum absolute atomic E-state index is 0.137. The summed E-state index contributed by atoms with van der Waals surface area (Å²) in [6.45, 7) is 17.5. The summed E-state index contributed by atoms with van der Waals surface area (Å²) in [7, 11) is 1.93. The van der Waals surface area contributed by atoms with Gasteiger partial charge in [0, 0.05) is 41.6 Å². The summed E-state index contributed by atoms with van der Waals surface area (Å²) in [5.74, 6) is 1.01. The summed E-state index contributed by atoms with van der Waals surface area (Å²) >= 11 is 12.4. The number of carbonyl (C=O) groups is 1.